The number of aliphatic hydroxyl groups excluding tert-OH is 1. The lowest BCUT2D eigenvalue weighted by Gasteiger charge is -2.34. The molecule has 1 N–H and O–H groups in total. The van der Waals surface area contributed by atoms with E-state index in [1.54, 1.807) is 0 Å². The molecule has 1 unspecified atom stereocenters. The Morgan fingerprint density at radius 2 is 2.10 bits per heavy atom. The number of hydrogen-bond donors (Lipinski definition) is 1. The highest BCUT2D eigenvalue weighted by Gasteiger charge is 2.34. The first-order valence-corrected chi connectivity index (χ1v) is 7.19. The fraction of sp³-hybridized carbons (Fsp3) is 0.471. The van der Waals surface area contributed by atoms with Crippen LogP contribution in [0.25, 0.3) is 5.69 Å². The number of hydrogen-bond acceptors (Lipinski definition) is 2. The Morgan fingerprint density at radius 3 is 2.80 bits per heavy atom. The van der Waals surface area contributed by atoms with Crippen molar-refractivity contribution in [1.29, 1.82) is 0 Å². The minimum absolute atomic E-state index is 0.135. The Kier molecular flexibility index (Phi) is 2.98. The lowest BCUT2D eigenvalue weighted by atomic mass is 9.75. The van der Waals surface area contributed by atoms with E-state index in [0.29, 0.717) is 0 Å². The number of rotatable bonds is 1. The van der Waals surface area contributed by atoms with Crippen LogP contribution in [0, 0.1) is 19.3 Å². The van der Waals surface area contributed by atoms with E-state index in [-0.39, 0.29) is 11.5 Å². The first-order chi connectivity index (χ1) is 9.39. The number of aryl methyl sites for hydroxylation is 2. The van der Waals surface area contributed by atoms with Crippen molar-refractivity contribution in [1.82, 2.24) is 9.55 Å². The van der Waals surface area contributed by atoms with E-state index in [9.17, 15) is 5.11 Å². The van der Waals surface area contributed by atoms with Gasteiger partial charge in [-0.25, -0.2) is 0 Å². The van der Waals surface area contributed by atoms with E-state index < -0.39 is 0 Å². The third kappa shape index (κ3) is 2.06. The Hall–Kier alpha value is -1.61. The SMILES string of the molecule is Cc1cnccc1-n1c(C)cc2c1CC(C)(C)CC2O. The molecule has 1 atom stereocenters. The van der Waals surface area contributed by atoms with Gasteiger partial charge in [0.15, 0.2) is 0 Å². The van der Waals surface area contributed by atoms with Crippen molar-refractivity contribution in [2.45, 2.75) is 46.6 Å². The maximum atomic E-state index is 10.4. The predicted octanol–water partition coefficient (Wildman–Crippen LogP) is 3.49. The van der Waals surface area contributed by atoms with Crippen molar-refractivity contribution in [3.8, 4) is 5.69 Å². The van der Waals surface area contributed by atoms with Crippen molar-refractivity contribution < 1.29 is 5.11 Å². The largest absolute Gasteiger partial charge is 0.388 e. The Bertz CT molecular complexity index is 655. The van der Waals surface area contributed by atoms with Crippen molar-refractivity contribution in [2.24, 2.45) is 5.41 Å². The maximum Gasteiger partial charge on any atom is 0.0812 e. The minimum atomic E-state index is -0.351. The van der Waals surface area contributed by atoms with Crippen LogP contribution in [0.5, 0.6) is 0 Å². The first-order valence-electron chi connectivity index (χ1n) is 7.19. The highest BCUT2D eigenvalue weighted by Crippen LogP contribution is 2.42. The summed E-state index contributed by atoms with van der Waals surface area (Å²) < 4.78 is 2.29. The van der Waals surface area contributed by atoms with Crippen LogP contribution < -0.4 is 0 Å². The molecule has 0 spiro atoms. The highest BCUT2D eigenvalue weighted by atomic mass is 16.3. The van der Waals surface area contributed by atoms with Crippen molar-refractivity contribution in [3.05, 3.63) is 47.0 Å². The van der Waals surface area contributed by atoms with Crippen LogP contribution in [-0.2, 0) is 6.42 Å². The summed E-state index contributed by atoms with van der Waals surface area (Å²) in [7, 11) is 0. The van der Waals surface area contributed by atoms with Gasteiger partial charge in [-0.2, -0.15) is 0 Å². The molecule has 0 fully saturated rings. The van der Waals surface area contributed by atoms with Crippen molar-refractivity contribution >= 4 is 0 Å². The third-order valence-electron chi connectivity index (χ3n) is 4.30. The van der Waals surface area contributed by atoms with Crippen molar-refractivity contribution in [2.75, 3.05) is 0 Å². The number of aliphatic hydroxyl groups is 1. The molecule has 0 aliphatic heterocycles. The molecule has 0 bridgehead atoms. The van der Waals surface area contributed by atoms with Crippen LogP contribution in [0.2, 0.25) is 0 Å². The zero-order chi connectivity index (χ0) is 14.5. The number of nitrogens with zero attached hydrogens (tertiary/aromatic N) is 2. The molecule has 106 valence electrons. The van der Waals surface area contributed by atoms with Crippen LogP contribution in [0.4, 0.5) is 0 Å². The summed E-state index contributed by atoms with van der Waals surface area (Å²) in [5.74, 6) is 0. The average Bonchev–Trinajstić information content (AvgIpc) is 2.66. The fourth-order valence-corrected chi connectivity index (χ4v) is 3.40. The standard InChI is InChI=1S/C17H22N2O/c1-11-10-18-6-5-14(11)19-12(2)7-13-15(19)8-17(3,4)9-16(13)20/h5-7,10,16,20H,8-9H2,1-4H3. The second kappa shape index (κ2) is 4.45. The predicted molar refractivity (Wildman–Crippen MR) is 80.1 cm³/mol. The summed E-state index contributed by atoms with van der Waals surface area (Å²) in [6.45, 7) is 8.65. The molecule has 20 heavy (non-hydrogen) atoms. The van der Waals surface area contributed by atoms with Gasteiger partial charge in [-0.15, -0.1) is 0 Å². The lowest BCUT2D eigenvalue weighted by molar-refractivity contribution is 0.0987. The molecule has 3 nitrogen and oxygen atoms in total. The second-order valence-corrected chi connectivity index (χ2v) is 6.75. The van der Waals surface area contributed by atoms with Gasteiger partial charge >= 0.3 is 0 Å². The molecule has 0 aromatic carbocycles. The summed E-state index contributed by atoms with van der Waals surface area (Å²) in [4.78, 5) is 4.18. The molecule has 1 aliphatic carbocycles. The molecular formula is C17H22N2O. The highest BCUT2D eigenvalue weighted by molar-refractivity contribution is 5.46. The first kappa shape index (κ1) is 13.4. The molecule has 0 saturated carbocycles. The summed E-state index contributed by atoms with van der Waals surface area (Å²) in [6.07, 6.45) is 5.20. The molecule has 0 amide bonds. The average molecular weight is 270 g/mol. The van der Waals surface area contributed by atoms with Gasteiger partial charge in [-0.3, -0.25) is 4.98 Å². The Labute approximate surface area is 120 Å². The van der Waals surface area contributed by atoms with Gasteiger partial charge in [0.05, 0.1) is 11.8 Å². The van der Waals surface area contributed by atoms with E-state index >= 15 is 0 Å². The van der Waals surface area contributed by atoms with Crippen LogP contribution in [0.1, 0.15) is 48.9 Å². The third-order valence-corrected chi connectivity index (χ3v) is 4.30. The maximum absolute atomic E-state index is 10.4. The van der Waals surface area contributed by atoms with E-state index in [1.165, 1.54) is 17.1 Å². The molecule has 3 heteroatoms. The van der Waals surface area contributed by atoms with Gasteiger partial charge in [-0.05, 0) is 49.8 Å². The van der Waals surface area contributed by atoms with E-state index in [0.717, 1.165) is 24.0 Å². The smallest absolute Gasteiger partial charge is 0.0812 e. The zero-order valence-corrected chi connectivity index (χ0v) is 12.6. The van der Waals surface area contributed by atoms with Gasteiger partial charge in [0.25, 0.3) is 0 Å². The summed E-state index contributed by atoms with van der Waals surface area (Å²) in [5, 5.41) is 10.4. The van der Waals surface area contributed by atoms with Crippen LogP contribution in [0.3, 0.4) is 0 Å². The van der Waals surface area contributed by atoms with E-state index in [2.05, 4.69) is 49.4 Å². The van der Waals surface area contributed by atoms with Crippen LogP contribution in [0.15, 0.2) is 24.5 Å². The van der Waals surface area contributed by atoms with Gasteiger partial charge in [0, 0.05) is 29.3 Å². The normalized spacial score (nSPS) is 20.8. The molecule has 0 radical (unpaired) electrons. The Balaban J connectivity index is 2.22. The molecule has 0 saturated heterocycles. The van der Waals surface area contributed by atoms with Gasteiger partial charge < -0.3 is 9.67 Å². The van der Waals surface area contributed by atoms with Crippen LogP contribution in [-0.4, -0.2) is 14.7 Å². The lowest BCUT2D eigenvalue weighted by Crippen LogP contribution is -2.26. The minimum Gasteiger partial charge on any atom is -0.388 e. The molecule has 2 heterocycles. The second-order valence-electron chi connectivity index (χ2n) is 6.75. The number of aromatic nitrogens is 2. The molecule has 1 aliphatic rings. The topological polar surface area (TPSA) is 38.0 Å². The monoisotopic (exact) mass is 270 g/mol. The Morgan fingerprint density at radius 1 is 1.35 bits per heavy atom. The fourth-order valence-electron chi connectivity index (χ4n) is 3.40. The zero-order valence-electron chi connectivity index (χ0n) is 12.6. The molecule has 2 aromatic rings. The van der Waals surface area contributed by atoms with E-state index in [4.69, 9.17) is 0 Å². The number of pyridine rings is 1. The molecule has 2 aromatic heterocycles. The van der Waals surface area contributed by atoms with Gasteiger partial charge in [0.1, 0.15) is 0 Å². The van der Waals surface area contributed by atoms with Crippen molar-refractivity contribution in [3.63, 3.8) is 0 Å². The van der Waals surface area contributed by atoms with Gasteiger partial charge in [0.2, 0.25) is 0 Å². The number of fused-ring (bicyclic) bond motifs is 1. The van der Waals surface area contributed by atoms with E-state index in [1.807, 2.05) is 12.4 Å². The molecular weight excluding hydrogens is 248 g/mol. The van der Waals surface area contributed by atoms with Gasteiger partial charge in [-0.1, -0.05) is 13.8 Å². The quantitative estimate of drug-likeness (QED) is 0.861. The molecule has 3 rings (SSSR count). The summed E-state index contributed by atoms with van der Waals surface area (Å²) in [6, 6.07) is 4.19. The summed E-state index contributed by atoms with van der Waals surface area (Å²) >= 11 is 0. The summed E-state index contributed by atoms with van der Waals surface area (Å²) in [5.41, 5.74) is 5.99. The van der Waals surface area contributed by atoms with Crippen LogP contribution >= 0.6 is 0 Å².